The first-order chi connectivity index (χ1) is 6.55. The van der Waals surface area contributed by atoms with E-state index in [0.717, 1.165) is 12.8 Å². The van der Waals surface area contributed by atoms with E-state index in [2.05, 4.69) is 20.8 Å². The van der Waals surface area contributed by atoms with Crippen molar-refractivity contribution in [3.63, 3.8) is 0 Å². The average Bonchev–Trinajstić information content (AvgIpc) is 2.53. The molecule has 0 N–H and O–H groups in total. The topological polar surface area (TPSA) is 30.2 Å². The van der Waals surface area contributed by atoms with Gasteiger partial charge in [-0.25, -0.2) is 0 Å². The molecule has 1 rings (SSSR count). The number of ketones is 1. The highest BCUT2D eigenvalue weighted by molar-refractivity contribution is 5.96. The maximum absolute atomic E-state index is 11.7. The summed E-state index contributed by atoms with van der Waals surface area (Å²) in [5.74, 6) is 0.178. The number of carbonyl (C=O) groups excluding carboxylic acids is 1. The third-order valence-electron chi connectivity index (χ3n) is 2.41. The van der Waals surface area contributed by atoms with Crippen LogP contribution >= 0.6 is 0 Å². The first-order valence-corrected chi connectivity index (χ1v) is 5.10. The summed E-state index contributed by atoms with van der Waals surface area (Å²) in [6.07, 6.45) is 5.85. The predicted octanol–water partition coefficient (Wildman–Crippen LogP) is 3.68. The molecule has 1 aromatic heterocycles. The molecule has 0 aliphatic rings. The van der Waals surface area contributed by atoms with Crippen LogP contribution in [-0.4, -0.2) is 5.78 Å². The molecule has 78 valence electrons. The Morgan fingerprint density at radius 3 is 2.71 bits per heavy atom. The van der Waals surface area contributed by atoms with Crippen LogP contribution in [0.1, 0.15) is 50.4 Å². The molecule has 0 saturated heterocycles. The Bertz CT molecular complexity index is 283. The van der Waals surface area contributed by atoms with Crippen molar-refractivity contribution in [1.29, 1.82) is 0 Å². The Hall–Kier alpha value is -1.05. The van der Waals surface area contributed by atoms with E-state index in [-0.39, 0.29) is 11.2 Å². The van der Waals surface area contributed by atoms with Crippen LogP contribution in [0.15, 0.2) is 23.0 Å². The molecule has 0 radical (unpaired) electrons. The number of furan rings is 1. The lowest BCUT2D eigenvalue weighted by molar-refractivity contribution is 0.0925. The van der Waals surface area contributed by atoms with Crippen LogP contribution in [0, 0.1) is 5.41 Å². The van der Waals surface area contributed by atoms with Gasteiger partial charge in [-0.05, 0) is 17.9 Å². The van der Waals surface area contributed by atoms with Crippen LogP contribution in [-0.2, 0) is 0 Å². The summed E-state index contributed by atoms with van der Waals surface area (Å²) < 4.78 is 4.89. The molecule has 2 heteroatoms. The second-order valence-corrected chi connectivity index (χ2v) is 4.53. The molecule has 0 aliphatic carbocycles. The van der Waals surface area contributed by atoms with Crippen LogP contribution in [0.25, 0.3) is 0 Å². The summed E-state index contributed by atoms with van der Waals surface area (Å²) in [5, 5.41) is 0. The van der Waals surface area contributed by atoms with E-state index < -0.39 is 0 Å². The van der Waals surface area contributed by atoms with Gasteiger partial charge in [0.2, 0.25) is 0 Å². The Kier molecular flexibility index (Phi) is 3.50. The summed E-state index contributed by atoms with van der Waals surface area (Å²) in [6, 6.07) is 1.73. The van der Waals surface area contributed by atoms with Crippen LogP contribution in [0.3, 0.4) is 0 Å². The molecule has 0 atom stereocenters. The number of hydrogen-bond acceptors (Lipinski definition) is 2. The van der Waals surface area contributed by atoms with Gasteiger partial charge in [-0.2, -0.15) is 0 Å². The average molecular weight is 194 g/mol. The van der Waals surface area contributed by atoms with Crippen molar-refractivity contribution in [2.24, 2.45) is 5.41 Å². The van der Waals surface area contributed by atoms with Crippen molar-refractivity contribution >= 4 is 5.78 Å². The number of Topliss-reactive ketones (excluding diaryl/α,β-unsaturated/α-hetero) is 1. The highest BCUT2D eigenvalue weighted by Crippen LogP contribution is 2.28. The quantitative estimate of drug-likeness (QED) is 0.669. The van der Waals surface area contributed by atoms with Crippen LogP contribution < -0.4 is 0 Å². The van der Waals surface area contributed by atoms with Crippen molar-refractivity contribution in [1.82, 2.24) is 0 Å². The Balaban J connectivity index is 2.57. The van der Waals surface area contributed by atoms with Crippen molar-refractivity contribution in [3.05, 3.63) is 24.2 Å². The van der Waals surface area contributed by atoms with E-state index in [1.807, 2.05) is 0 Å². The summed E-state index contributed by atoms with van der Waals surface area (Å²) >= 11 is 0. The summed E-state index contributed by atoms with van der Waals surface area (Å²) in [5.41, 5.74) is 0.789. The minimum absolute atomic E-state index is 0.100. The molecule has 0 saturated carbocycles. The molecule has 0 fully saturated rings. The molecule has 0 aromatic carbocycles. The first-order valence-electron chi connectivity index (χ1n) is 5.10. The Morgan fingerprint density at radius 2 is 2.21 bits per heavy atom. The van der Waals surface area contributed by atoms with E-state index in [0.29, 0.717) is 12.0 Å². The summed E-state index contributed by atoms with van der Waals surface area (Å²) in [6.45, 7) is 6.41. The van der Waals surface area contributed by atoms with Gasteiger partial charge < -0.3 is 4.42 Å². The van der Waals surface area contributed by atoms with Gasteiger partial charge in [0.25, 0.3) is 0 Å². The lowest BCUT2D eigenvalue weighted by Crippen LogP contribution is -2.16. The highest BCUT2D eigenvalue weighted by atomic mass is 16.3. The molecule has 0 aliphatic heterocycles. The molecule has 0 unspecified atom stereocenters. The van der Waals surface area contributed by atoms with Crippen molar-refractivity contribution in [2.75, 3.05) is 0 Å². The van der Waals surface area contributed by atoms with Crippen molar-refractivity contribution < 1.29 is 9.21 Å². The predicted molar refractivity (Wildman–Crippen MR) is 56.3 cm³/mol. The fourth-order valence-electron chi connectivity index (χ4n) is 1.73. The van der Waals surface area contributed by atoms with E-state index in [1.165, 1.54) is 6.26 Å². The zero-order valence-electron chi connectivity index (χ0n) is 9.17. The molecular weight excluding hydrogens is 176 g/mol. The zero-order chi connectivity index (χ0) is 10.6. The summed E-state index contributed by atoms with van der Waals surface area (Å²) in [7, 11) is 0. The van der Waals surface area contributed by atoms with Gasteiger partial charge in [-0.1, -0.05) is 27.2 Å². The van der Waals surface area contributed by atoms with Gasteiger partial charge in [0.05, 0.1) is 11.8 Å². The molecule has 0 spiro atoms. The highest BCUT2D eigenvalue weighted by Gasteiger charge is 2.22. The van der Waals surface area contributed by atoms with E-state index >= 15 is 0 Å². The third kappa shape index (κ3) is 3.02. The van der Waals surface area contributed by atoms with Crippen LogP contribution in [0.2, 0.25) is 0 Å². The lowest BCUT2D eigenvalue weighted by Gasteiger charge is -2.22. The number of rotatable bonds is 5. The van der Waals surface area contributed by atoms with E-state index in [1.54, 1.807) is 12.3 Å². The normalized spacial score (nSPS) is 11.6. The molecule has 0 amide bonds. The maximum atomic E-state index is 11.7. The van der Waals surface area contributed by atoms with Gasteiger partial charge >= 0.3 is 0 Å². The monoisotopic (exact) mass is 194 g/mol. The number of carbonyl (C=O) groups is 1. The Morgan fingerprint density at radius 1 is 1.50 bits per heavy atom. The van der Waals surface area contributed by atoms with Gasteiger partial charge in [0.15, 0.2) is 5.78 Å². The maximum Gasteiger partial charge on any atom is 0.166 e. The van der Waals surface area contributed by atoms with Crippen molar-refractivity contribution in [2.45, 2.75) is 40.0 Å². The smallest absolute Gasteiger partial charge is 0.166 e. The minimum Gasteiger partial charge on any atom is -0.472 e. The van der Waals surface area contributed by atoms with Crippen LogP contribution in [0.4, 0.5) is 0 Å². The minimum atomic E-state index is 0.100. The Labute approximate surface area is 85.3 Å². The molecule has 1 heterocycles. The van der Waals surface area contributed by atoms with Crippen LogP contribution in [0.5, 0.6) is 0 Å². The standard InChI is InChI=1S/C12H18O2/c1-4-6-12(2,3)8-11(13)10-5-7-14-9-10/h5,7,9H,4,6,8H2,1-3H3. The molecule has 1 aromatic rings. The van der Waals surface area contributed by atoms with Crippen molar-refractivity contribution in [3.8, 4) is 0 Å². The lowest BCUT2D eigenvalue weighted by atomic mass is 9.82. The molecular formula is C12H18O2. The van der Waals surface area contributed by atoms with E-state index in [9.17, 15) is 4.79 Å². The molecule has 2 nitrogen and oxygen atoms in total. The number of hydrogen-bond donors (Lipinski definition) is 0. The first kappa shape index (κ1) is 11.0. The molecule has 0 bridgehead atoms. The van der Waals surface area contributed by atoms with Gasteiger partial charge in [0.1, 0.15) is 6.26 Å². The fourth-order valence-corrected chi connectivity index (χ4v) is 1.73. The second-order valence-electron chi connectivity index (χ2n) is 4.53. The fraction of sp³-hybridized carbons (Fsp3) is 0.583. The zero-order valence-corrected chi connectivity index (χ0v) is 9.17. The summed E-state index contributed by atoms with van der Waals surface area (Å²) in [4.78, 5) is 11.7. The third-order valence-corrected chi connectivity index (χ3v) is 2.41. The second kappa shape index (κ2) is 4.45. The molecule has 14 heavy (non-hydrogen) atoms. The van der Waals surface area contributed by atoms with Gasteiger partial charge in [0, 0.05) is 6.42 Å². The van der Waals surface area contributed by atoms with Gasteiger partial charge in [-0.3, -0.25) is 4.79 Å². The SMILES string of the molecule is CCCC(C)(C)CC(=O)c1ccoc1. The van der Waals surface area contributed by atoms with E-state index in [4.69, 9.17) is 4.42 Å². The largest absolute Gasteiger partial charge is 0.472 e. The van der Waals surface area contributed by atoms with Gasteiger partial charge in [-0.15, -0.1) is 0 Å².